The molecule has 29 heavy (non-hydrogen) atoms. The van der Waals surface area contributed by atoms with Crippen LogP contribution in [-0.2, 0) is 12.0 Å². The molecule has 1 aromatic heterocycles. The van der Waals surface area contributed by atoms with Crippen LogP contribution in [0.15, 0.2) is 76.3 Å². The van der Waals surface area contributed by atoms with Crippen molar-refractivity contribution in [1.82, 2.24) is 15.6 Å². The van der Waals surface area contributed by atoms with Crippen LogP contribution < -0.4 is 10.6 Å². The molecule has 0 atom stereocenters. The van der Waals surface area contributed by atoms with E-state index in [0.717, 1.165) is 23.8 Å². The second-order valence-corrected chi connectivity index (χ2v) is 7.29. The maximum absolute atomic E-state index is 5.60. The first-order chi connectivity index (χ1) is 13.8. The molecule has 3 aromatic rings. The number of hydrogen-bond acceptors (Lipinski definition) is 3. The van der Waals surface area contributed by atoms with Crippen molar-refractivity contribution in [3.8, 4) is 11.5 Å². The topological polar surface area (TPSA) is 62.5 Å². The van der Waals surface area contributed by atoms with Crippen molar-refractivity contribution in [3.05, 3.63) is 78.2 Å². The molecule has 0 bridgehead atoms. The zero-order valence-corrected chi connectivity index (χ0v) is 18.9. The van der Waals surface area contributed by atoms with Gasteiger partial charge in [-0.3, -0.25) is 4.99 Å². The number of rotatable bonds is 6. The molecule has 1 aliphatic rings. The van der Waals surface area contributed by atoms with Gasteiger partial charge < -0.3 is 15.1 Å². The van der Waals surface area contributed by atoms with Gasteiger partial charge in [-0.2, -0.15) is 0 Å². The number of aliphatic imine (C=N–C) groups is 1. The number of hydrogen-bond donors (Lipinski definition) is 2. The van der Waals surface area contributed by atoms with Gasteiger partial charge >= 0.3 is 0 Å². The molecule has 4 rings (SSSR count). The lowest BCUT2D eigenvalue weighted by atomic mass is 9.64. The number of halogens is 1. The summed E-state index contributed by atoms with van der Waals surface area (Å²) in [6.07, 6.45) is 5.40. The van der Waals surface area contributed by atoms with Crippen molar-refractivity contribution in [2.24, 2.45) is 4.99 Å². The van der Waals surface area contributed by atoms with Crippen LogP contribution in [0.2, 0.25) is 0 Å². The largest absolute Gasteiger partial charge is 0.444 e. The van der Waals surface area contributed by atoms with Gasteiger partial charge in [-0.25, -0.2) is 4.98 Å². The minimum absolute atomic E-state index is 0. The number of benzene rings is 2. The van der Waals surface area contributed by atoms with Crippen LogP contribution in [0, 0.1) is 0 Å². The van der Waals surface area contributed by atoms with Crippen LogP contribution in [0.4, 0.5) is 0 Å². The summed E-state index contributed by atoms with van der Waals surface area (Å²) in [5.41, 5.74) is 3.45. The van der Waals surface area contributed by atoms with Gasteiger partial charge in [0.05, 0.1) is 12.2 Å². The smallest absolute Gasteiger partial charge is 0.226 e. The molecule has 0 aliphatic heterocycles. The van der Waals surface area contributed by atoms with Gasteiger partial charge in [-0.1, -0.05) is 55.0 Å². The number of oxazole rings is 1. The van der Waals surface area contributed by atoms with Crippen molar-refractivity contribution in [2.45, 2.75) is 31.2 Å². The van der Waals surface area contributed by atoms with E-state index in [1.54, 1.807) is 13.3 Å². The molecular formula is C23H27IN4O. The summed E-state index contributed by atoms with van der Waals surface area (Å²) >= 11 is 0. The molecule has 0 amide bonds. The molecule has 6 heteroatoms. The average Bonchev–Trinajstić information content (AvgIpc) is 3.20. The third-order valence-electron chi connectivity index (χ3n) is 5.52. The van der Waals surface area contributed by atoms with E-state index in [9.17, 15) is 0 Å². The SMILES string of the molecule is CN=C(NCc1coc(-c2ccccc2)n1)NCC1(c2ccccc2)CCC1.I. The van der Waals surface area contributed by atoms with E-state index in [-0.39, 0.29) is 29.4 Å². The van der Waals surface area contributed by atoms with Crippen molar-refractivity contribution >= 4 is 29.9 Å². The Bertz CT molecular complexity index is 920. The number of nitrogens with one attached hydrogen (secondary N) is 2. The second kappa shape index (κ2) is 9.91. The molecule has 2 aromatic carbocycles. The summed E-state index contributed by atoms with van der Waals surface area (Å²) in [6.45, 7) is 1.44. The Labute approximate surface area is 189 Å². The first-order valence-corrected chi connectivity index (χ1v) is 9.79. The minimum atomic E-state index is 0. The minimum Gasteiger partial charge on any atom is -0.444 e. The standard InChI is InChI=1S/C23H26N4O.HI/c1-24-22(26-17-23(13-8-14-23)19-11-6-3-7-12-19)25-15-20-16-28-21(27-20)18-9-4-2-5-10-18;/h2-7,9-12,16H,8,13-15,17H2,1H3,(H2,24,25,26);1H. The highest BCUT2D eigenvalue weighted by molar-refractivity contribution is 14.0. The van der Waals surface area contributed by atoms with Gasteiger partial charge in [0, 0.05) is 24.6 Å². The zero-order chi connectivity index (χ0) is 19.2. The van der Waals surface area contributed by atoms with Crippen molar-refractivity contribution in [2.75, 3.05) is 13.6 Å². The first kappa shape index (κ1) is 21.4. The van der Waals surface area contributed by atoms with E-state index < -0.39 is 0 Å². The highest BCUT2D eigenvalue weighted by Gasteiger charge is 2.38. The van der Waals surface area contributed by atoms with E-state index >= 15 is 0 Å². The molecule has 1 aliphatic carbocycles. The maximum atomic E-state index is 5.60. The van der Waals surface area contributed by atoms with Crippen molar-refractivity contribution in [3.63, 3.8) is 0 Å². The highest BCUT2D eigenvalue weighted by Crippen LogP contribution is 2.43. The molecule has 0 radical (unpaired) electrons. The Morgan fingerprint density at radius 3 is 2.34 bits per heavy atom. The van der Waals surface area contributed by atoms with Crippen LogP contribution in [0.25, 0.3) is 11.5 Å². The fourth-order valence-corrected chi connectivity index (χ4v) is 3.71. The Kier molecular flexibility index (Phi) is 7.30. The van der Waals surface area contributed by atoms with Gasteiger partial charge in [0.2, 0.25) is 5.89 Å². The molecule has 5 nitrogen and oxygen atoms in total. The first-order valence-electron chi connectivity index (χ1n) is 9.79. The van der Waals surface area contributed by atoms with E-state index in [0.29, 0.717) is 12.4 Å². The van der Waals surface area contributed by atoms with Gasteiger partial charge in [0.15, 0.2) is 5.96 Å². The average molecular weight is 502 g/mol. The van der Waals surface area contributed by atoms with E-state index in [1.807, 2.05) is 30.3 Å². The summed E-state index contributed by atoms with van der Waals surface area (Å²) in [7, 11) is 1.80. The molecule has 1 heterocycles. The third-order valence-corrected chi connectivity index (χ3v) is 5.52. The summed E-state index contributed by atoms with van der Waals surface area (Å²) in [5.74, 6) is 1.42. The molecule has 152 valence electrons. The van der Waals surface area contributed by atoms with Gasteiger partial charge in [0.1, 0.15) is 6.26 Å². The Morgan fingerprint density at radius 2 is 1.72 bits per heavy atom. The van der Waals surface area contributed by atoms with Crippen LogP contribution in [-0.4, -0.2) is 24.5 Å². The van der Waals surface area contributed by atoms with Crippen LogP contribution in [0.3, 0.4) is 0 Å². The van der Waals surface area contributed by atoms with Gasteiger partial charge in [-0.15, -0.1) is 24.0 Å². The third kappa shape index (κ3) is 4.98. The maximum Gasteiger partial charge on any atom is 0.226 e. The summed E-state index contributed by atoms with van der Waals surface area (Å²) in [5, 5.41) is 6.84. The molecule has 2 N–H and O–H groups in total. The lowest BCUT2D eigenvalue weighted by molar-refractivity contribution is 0.244. The van der Waals surface area contributed by atoms with Crippen LogP contribution in [0.1, 0.15) is 30.5 Å². The summed E-state index contributed by atoms with van der Waals surface area (Å²) in [6, 6.07) is 20.7. The molecule has 1 fully saturated rings. The Balaban J connectivity index is 0.00000240. The lowest BCUT2D eigenvalue weighted by Crippen LogP contribution is -2.48. The number of aromatic nitrogens is 1. The number of nitrogens with zero attached hydrogens (tertiary/aromatic N) is 2. The van der Waals surface area contributed by atoms with Gasteiger partial charge in [0.25, 0.3) is 0 Å². The molecule has 1 saturated carbocycles. The summed E-state index contributed by atoms with van der Waals surface area (Å²) < 4.78 is 5.60. The van der Waals surface area contributed by atoms with Crippen LogP contribution >= 0.6 is 24.0 Å². The summed E-state index contributed by atoms with van der Waals surface area (Å²) in [4.78, 5) is 8.92. The van der Waals surface area contributed by atoms with Crippen molar-refractivity contribution < 1.29 is 4.42 Å². The predicted molar refractivity (Wildman–Crippen MR) is 128 cm³/mol. The zero-order valence-electron chi connectivity index (χ0n) is 16.6. The molecule has 0 saturated heterocycles. The normalized spacial score (nSPS) is 15.1. The molecule has 0 unspecified atom stereocenters. The van der Waals surface area contributed by atoms with E-state index in [1.165, 1.54) is 24.8 Å². The van der Waals surface area contributed by atoms with Crippen LogP contribution in [0.5, 0.6) is 0 Å². The van der Waals surface area contributed by atoms with E-state index in [2.05, 4.69) is 50.9 Å². The predicted octanol–water partition coefficient (Wildman–Crippen LogP) is 4.75. The Morgan fingerprint density at radius 1 is 1.03 bits per heavy atom. The van der Waals surface area contributed by atoms with Gasteiger partial charge in [-0.05, 0) is 30.5 Å². The fourth-order valence-electron chi connectivity index (χ4n) is 3.71. The second-order valence-electron chi connectivity index (χ2n) is 7.29. The molecular weight excluding hydrogens is 475 g/mol. The quantitative estimate of drug-likeness (QED) is 0.290. The lowest BCUT2D eigenvalue weighted by Gasteiger charge is -2.43. The highest BCUT2D eigenvalue weighted by atomic mass is 127. The molecule has 0 spiro atoms. The fraction of sp³-hybridized carbons (Fsp3) is 0.304. The number of guanidine groups is 1. The van der Waals surface area contributed by atoms with E-state index in [4.69, 9.17) is 4.42 Å². The Hall–Kier alpha value is -2.35. The van der Waals surface area contributed by atoms with Crippen molar-refractivity contribution in [1.29, 1.82) is 0 Å². The monoisotopic (exact) mass is 502 g/mol.